The lowest BCUT2D eigenvalue weighted by molar-refractivity contribution is -0.138. The van der Waals surface area contributed by atoms with Crippen LogP contribution >= 0.6 is 0 Å². The molecule has 1 heterocycles. The molecule has 0 aromatic carbocycles. The molecule has 0 radical (unpaired) electrons. The van der Waals surface area contributed by atoms with Crippen LogP contribution in [-0.4, -0.2) is 40.5 Å². The predicted octanol–water partition coefficient (Wildman–Crippen LogP) is 1.75. The maximum Gasteiger partial charge on any atom is 0.303 e. The molecular formula is C15H26N2O3. The molecule has 0 aromatic heterocycles. The van der Waals surface area contributed by atoms with Gasteiger partial charge in [0, 0.05) is 31.5 Å². The third-order valence-electron chi connectivity index (χ3n) is 4.84. The molecule has 0 spiro atoms. The Kier molecular flexibility index (Phi) is 5.02. The fourth-order valence-corrected chi connectivity index (χ4v) is 3.47. The normalized spacial score (nSPS) is 22.9. The van der Waals surface area contributed by atoms with Gasteiger partial charge in [-0.1, -0.05) is 12.8 Å². The van der Waals surface area contributed by atoms with Crippen molar-refractivity contribution in [2.75, 3.05) is 13.1 Å². The Balaban J connectivity index is 1.73. The Morgan fingerprint density at radius 3 is 2.35 bits per heavy atom. The number of carbonyl (C=O) groups is 2. The largest absolute Gasteiger partial charge is 0.481 e. The van der Waals surface area contributed by atoms with E-state index < -0.39 is 5.97 Å². The Morgan fingerprint density at radius 2 is 1.80 bits per heavy atom. The third-order valence-corrected chi connectivity index (χ3v) is 4.84. The summed E-state index contributed by atoms with van der Waals surface area (Å²) in [5, 5.41) is 8.69. The molecular weight excluding hydrogens is 256 g/mol. The lowest BCUT2D eigenvalue weighted by Crippen LogP contribution is -2.46. The summed E-state index contributed by atoms with van der Waals surface area (Å²) < 4.78 is 0. The number of likely N-dealkylation sites (tertiary alicyclic amines) is 1. The van der Waals surface area contributed by atoms with Crippen molar-refractivity contribution in [2.24, 2.45) is 11.7 Å². The molecule has 0 unspecified atom stereocenters. The summed E-state index contributed by atoms with van der Waals surface area (Å²) in [5.41, 5.74) is 6.00. The summed E-state index contributed by atoms with van der Waals surface area (Å²) in [5.74, 6) is -0.0886. The van der Waals surface area contributed by atoms with Crippen molar-refractivity contribution in [1.29, 1.82) is 0 Å². The number of rotatable bonds is 5. The zero-order valence-electron chi connectivity index (χ0n) is 12.1. The molecule has 1 aliphatic carbocycles. The smallest absolute Gasteiger partial charge is 0.303 e. The second-order valence-electron chi connectivity index (χ2n) is 6.50. The number of hydrogen-bond acceptors (Lipinski definition) is 3. The Morgan fingerprint density at radius 1 is 1.20 bits per heavy atom. The van der Waals surface area contributed by atoms with E-state index in [0.717, 1.165) is 58.0 Å². The number of piperidine rings is 1. The summed E-state index contributed by atoms with van der Waals surface area (Å²) in [7, 11) is 0. The van der Waals surface area contributed by atoms with Gasteiger partial charge in [-0.05, 0) is 38.0 Å². The summed E-state index contributed by atoms with van der Waals surface area (Å²) in [6.07, 6.45) is 7.52. The highest BCUT2D eigenvalue weighted by atomic mass is 16.4. The molecule has 1 saturated carbocycles. The first kappa shape index (κ1) is 15.3. The first-order chi connectivity index (χ1) is 9.48. The van der Waals surface area contributed by atoms with Gasteiger partial charge in [-0.25, -0.2) is 0 Å². The second-order valence-corrected chi connectivity index (χ2v) is 6.50. The van der Waals surface area contributed by atoms with Crippen LogP contribution in [0, 0.1) is 5.92 Å². The zero-order chi connectivity index (χ0) is 14.6. The van der Waals surface area contributed by atoms with Crippen LogP contribution in [0.15, 0.2) is 0 Å². The lowest BCUT2D eigenvalue weighted by Gasteiger charge is -2.34. The predicted molar refractivity (Wildman–Crippen MR) is 76.2 cm³/mol. The molecule has 2 aliphatic rings. The van der Waals surface area contributed by atoms with Crippen LogP contribution < -0.4 is 5.73 Å². The van der Waals surface area contributed by atoms with E-state index in [1.165, 1.54) is 0 Å². The minimum atomic E-state index is -0.727. The minimum absolute atomic E-state index is 0.186. The van der Waals surface area contributed by atoms with Gasteiger partial charge in [-0.15, -0.1) is 0 Å². The number of carboxylic acid groups (broad SMARTS) is 1. The third kappa shape index (κ3) is 4.20. The SMILES string of the molecule is NC1(CC(=O)N2CCC(CCC(=O)O)CC2)CCCC1. The van der Waals surface area contributed by atoms with Crippen LogP contribution in [0.1, 0.15) is 57.8 Å². The van der Waals surface area contributed by atoms with E-state index in [1.807, 2.05) is 4.90 Å². The van der Waals surface area contributed by atoms with Gasteiger partial charge in [-0.3, -0.25) is 9.59 Å². The average molecular weight is 282 g/mol. The second kappa shape index (κ2) is 6.57. The Hall–Kier alpha value is -1.10. The minimum Gasteiger partial charge on any atom is -0.481 e. The van der Waals surface area contributed by atoms with Crippen molar-refractivity contribution < 1.29 is 14.7 Å². The highest BCUT2D eigenvalue weighted by Crippen LogP contribution is 2.31. The van der Waals surface area contributed by atoms with Gasteiger partial charge >= 0.3 is 5.97 Å². The van der Waals surface area contributed by atoms with E-state index in [9.17, 15) is 9.59 Å². The van der Waals surface area contributed by atoms with Gasteiger partial charge in [-0.2, -0.15) is 0 Å². The van der Waals surface area contributed by atoms with Crippen molar-refractivity contribution in [2.45, 2.75) is 63.3 Å². The number of nitrogens with two attached hydrogens (primary N) is 1. The van der Waals surface area contributed by atoms with Gasteiger partial charge in [0.05, 0.1) is 0 Å². The molecule has 3 N–H and O–H groups in total. The first-order valence-electron chi connectivity index (χ1n) is 7.77. The van der Waals surface area contributed by atoms with Crippen LogP contribution in [0.25, 0.3) is 0 Å². The molecule has 0 atom stereocenters. The molecule has 2 fully saturated rings. The fourth-order valence-electron chi connectivity index (χ4n) is 3.47. The van der Waals surface area contributed by atoms with Crippen molar-refractivity contribution >= 4 is 11.9 Å². The summed E-state index contributed by atoms with van der Waals surface area (Å²) in [4.78, 5) is 24.8. The highest BCUT2D eigenvalue weighted by Gasteiger charge is 2.34. The van der Waals surface area contributed by atoms with Gasteiger partial charge in [0.25, 0.3) is 0 Å². The number of carboxylic acids is 1. The molecule has 1 amide bonds. The summed E-state index contributed by atoms with van der Waals surface area (Å²) in [6, 6.07) is 0. The molecule has 5 heteroatoms. The standard InChI is InChI=1S/C15H26N2O3/c16-15(7-1-2-8-15)11-13(18)17-9-5-12(6-10-17)3-4-14(19)20/h12H,1-11,16H2,(H,19,20). The van der Waals surface area contributed by atoms with Crippen molar-refractivity contribution in [1.82, 2.24) is 4.90 Å². The Labute approximate surface area is 120 Å². The van der Waals surface area contributed by atoms with Gasteiger partial charge < -0.3 is 15.7 Å². The topological polar surface area (TPSA) is 83.6 Å². The molecule has 1 aliphatic heterocycles. The maximum atomic E-state index is 12.3. The molecule has 20 heavy (non-hydrogen) atoms. The van der Waals surface area contributed by atoms with Gasteiger partial charge in [0.2, 0.25) is 5.91 Å². The van der Waals surface area contributed by atoms with Crippen LogP contribution in [-0.2, 0) is 9.59 Å². The number of aliphatic carboxylic acids is 1. The van der Waals surface area contributed by atoms with E-state index in [4.69, 9.17) is 10.8 Å². The number of hydrogen-bond donors (Lipinski definition) is 2. The highest BCUT2D eigenvalue weighted by molar-refractivity contribution is 5.77. The average Bonchev–Trinajstić information content (AvgIpc) is 2.83. The van der Waals surface area contributed by atoms with E-state index >= 15 is 0 Å². The molecule has 0 aromatic rings. The van der Waals surface area contributed by atoms with E-state index in [2.05, 4.69) is 0 Å². The first-order valence-corrected chi connectivity index (χ1v) is 7.77. The molecule has 1 saturated heterocycles. The Bertz CT molecular complexity index is 356. The van der Waals surface area contributed by atoms with Crippen LogP contribution in [0.3, 0.4) is 0 Å². The van der Waals surface area contributed by atoms with Crippen LogP contribution in [0.4, 0.5) is 0 Å². The van der Waals surface area contributed by atoms with E-state index in [-0.39, 0.29) is 17.9 Å². The van der Waals surface area contributed by atoms with E-state index in [0.29, 0.717) is 12.3 Å². The van der Waals surface area contributed by atoms with Crippen LogP contribution in [0.2, 0.25) is 0 Å². The molecule has 114 valence electrons. The quantitative estimate of drug-likeness (QED) is 0.804. The summed E-state index contributed by atoms with van der Waals surface area (Å²) in [6.45, 7) is 1.53. The number of nitrogens with zero attached hydrogens (tertiary/aromatic N) is 1. The van der Waals surface area contributed by atoms with Crippen molar-refractivity contribution in [3.8, 4) is 0 Å². The zero-order valence-corrected chi connectivity index (χ0v) is 12.1. The number of carbonyl (C=O) groups excluding carboxylic acids is 1. The van der Waals surface area contributed by atoms with Gasteiger partial charge in [0.15, 0.2) is 0 Å². The summed E-state index contributed by atoms with van der Waals surface area (Å²) >= 11 is 0. The monoisotopic (exact) mass is 282 g/mol. The molecule has 5 nitrogen and oxygen atoms in total. The maximum absolute atomic E-state index is 12.3. The molecule has 0 bridgehead atoms. The van der Waals surface area contributed by atoms with Crippen LogP contribution in [0.5, 0.6) is 0 Å². The van der Waals surface area contributed by atoms with E-state index in [1.54, 1.807) is 0 Å². The lowest BCUT2D eigenvalue weighted by atomic mass is 9.90. The number of amides is 1. The van der Waals surface area contributed by atoms with Gasteiger partial charge in [0.1, 0.15) is 0 Å². The fraction of sp³-hybridized carbons (Fsp3) is 0.867. The van der Waals surface area contributed by atoms with Crippen molar-refractivity contribution in [3.63, 3.8) is 0 Å². The van der Waals surface area contributed by atoms with Crippen molar-refractivity contribution in [3.05, 3.63) is 0 Å². The molecule has 2 rings (SSSR count).